The van der Waals surface area contributed by atoms with Crippen molar-refractivity contribution in [3.8, 4) is 17.1 Å². The maximum atomic E-state index is 12.5. The van der Waals surface area contributed by atoms with Gasteiger partial charge in [-0.15, -0.1) is 10.2 Å². The van der Waals surface area contributed by atoms with Gasteiger partial charge in [0.05, 0.1) is 12.0 Å². The van der Waals surface area contributed by atoms with E-state index in [1.807, 2.05) is 71.3 Å². The highest BCUT2D eigenvalue weighted by molar-refractivity contribution is 9.10. The highest BCUT2D eigenvalue weighted by Crippen LogP contribution is 2.29. The lowest BCUT2D eigenvalue weighted by molar-refractivity contribution is -0.118. The summed E-state index contributed by atoms with van der Waals surface area (Å²) in [4.78, 5) is 14.8. The first-order valence-electron chi connectivity index (χ1n) is 11.7. The molecule has 1 amide bonds. The van der Waals surface area contributed by atoms with Crippen molar-refractivity contribution in [1.82, 2.24) is 20.2 Å². The Bertz CT molecular complexity index is 1320. The molecule has 9 heteroatoms. The first kappa shape index (κ1) is 25.7. The predicted octanol–water partition coefficient (Wildman–Crippen LogP) is 5.79. The summed E-state index contributed by atoms with van der Waals surface area (Å²) in [6, 6.07) is 25.9. The second-order valence-electron chi connectivity index (χ2n) is 7.83. The number of halogens is 1. The van der Waals surface area contributed by atoms with E-state index >= 15 is 0 Å². The largest absolute Gasteiger partial charge is 0.372 e. The third-order valence-electron chi connectivity index (χ3n) is 5.49. The fraction of sp³-hybridized carbons (Fsp3) is 0.185. The molecule has 0 aliphatic rings. The lowest BCUT2D eigenvalue weighted by Gasteiger charge is -2.20. The van der Waals surface area contributed by atoms with Crippen molar-refractivity contribution in [2.75, 3.05) is 23.7 Å². The highest BCUT2D eigenvalue weighted by atomic mass is 79.9. The van der Waals surface area contributed by atoms with Gasteiger partial charge in [-0.1, -0.05) is 70.2 Å². The molecule has 0 aliphatic heterocycles. The summed E-state index contributed by atoms with van der Waals surface area (Å²) in [6.07, 6.45) is 1.65. The molecule has 4 aromatic rings. The second-order valence-corrected chi connectivity index (χ2v) is 9.69. The molecule has 4 rings (SSSR count). The Balaban J connectivity index is 1.42. The molecule has 36 heavy (non-hydrogen) atoms. The van der Waals surface area contributed by atoms with Gasteiger partial charge in [-0.25, -0.2) is 5.43 Å². The minimum Gasteiger partial charge on any atom is -0.372 e. The number of anilines is 1. The van der Waals surface area contributed by atoms with Crippen LogP contribution in [-0.4, -0.2) is 45.7 Å². The van der Waals surface area contributed by atoms with Gasteiger partial charge in [0.1, 0.15) is 0 Å². The minimum absolute atomic E-state index is 0.154. The molecule has 0 bridgehead atoms. The molecule has 1 aromatic heterocycles. The average Bonchev–Trinajstić information content (AvgIpc) is 3.34. The Morgan fingerprint density at radius 1 is 1.03 bits per heavy atom. The third kappa shape index (κ3) is 6.41. The number of nitrogens with one attached hydrogen (secondary N) is 1. The molecule has 1 heterocycles. The van der Waals surface area contributed by atoms with E-state index in [1.165, 1.54) is 17.4 Å². The number of amides is 1. The van der Waals surface area contributed by atoms with Crippen molar-refractivity contribution in [3.05, 3.63) is 88.9 Å². The van der Waals surface area contributed by atoms with Gasteiger partial charge in [0, 0.05) is 34.5 Å². The normalized spacial score (nSPS) is 11.1. The van der Waals surface area contributed by atoms with Crippen LogP contribution in [0.5, 0.6) is 0 Å². The first-order chi connectivity index (χ1) is 17.6. The van der Waals surface area contributed by atoms with E-state index in [0.717, 1.165) is 34.4 Å². The van der Waals surface area contributed by atoms with Gasteiger partial charge in [0.2, 0.25) is 0 Å². The SMILES string of the molecule is CCN(CC)c1ccc(/C=N/NC(=O)CSc2nnc(-c3cccc(Br)c3)n2-c2ccccc2)cc1. The molecule has 0 spiro atoms. The number of rotatable bonds is 10. The van der Waals surface area contributed by atoms with Crippen LogP contribution in [0, 0.1) is 0 Å². The minimum atomic E-state index is -0.220. The number of hydrogen-bond acceptors (Lipinski definition) is 6. The van der Waals surface area contributed by atoms with Crippen LogP contribution < -0.4 is 10.3 Å². The number of benzene rings is 3. The van der Waals surface area contributed by atoms with Gasteiger partial charge in [-0.2, -0.15) is 5.10 Å². The molecule has 0 saturated carbocycles. The standard InChI is InChI=1S/C27H27BrN6OS/c1-3-33(4-2)23-15-13-20(14-16-23)18-29-30-25(35)19-36-27-32-31-26(21-9-8-10-22(28)17-21)34(27)24-11-6-5-7-12-24/h5-18H,3-4,19H2,1-2H3,(H,30,35)/b29-18+. The van der Waals surface area contributed by atoms with Crippen molar-refractivity contribution in [1.29, 1.82) is 0 Å². The molecule has 0 unspecified atom stereocenters. The van der Waals surface area contributed by atoms with Gasteiger partial charge in [0.25, 0.3) is 5.91 Å². The van der Waals surface area contributed by atoms with Crippen molar-refractivity contribution < 1.29 is 4.79 Å². The van der Waals surface area contributed by atoms with E-state index in [-0.39, 0.29) is 11.7 Å². The molecule has 184 valence electrons. The van der Waals surface area contributed by atoms with E-state index in [0.29, 0.717) is 11.0 Å². The van der Waals surface area contributed by atoms with Gasteiger partial charge in [-0.05, 0) is 55.8 Å². The van der Waals surface area contributed by atoms with Gasteiger partial charge >= 0.3 is 0 Å². The Morgan fingerprint density at radius 3 is 2.47 bits per heavy atom. The summed E-state index contributed by atoms with van der Waals surface area (Å²) in [5.74, 6) is 0.640. The quantitative estimate of drug-likeness (QED) is 0.150. The van der Waals surface area contributed by atoms with E-state index in [2.05, 4.69) is 67.5 Å². The molecule has 1 N–H and O–H groups in total. The maximum absolute atomic E-state index is 12.5. The van der Waals surface area contributed by atoms with E-state index in [9.17, 15) is 4.79 Å². The van der Waals surface area contributed by atoms with Crippen LogP contribution in [0.3, 0.4) is 0 Å². The lowest BCUT2D eigenvalue weighted by atomic mass is 10.2. The fourth-order valence-electron chi connectivity index (χ4n) is 3.69. The molecule has 0 fully saturated rings. The monoisotopic (exact) mass is 562 g/mol. The summed E-state index contributed by atoms with van der Waals surface area (Å²) >= 11 is 4.84. The van der Waals surface area contributed by atoms with Crippen molar-refractivity contribution in [2.24, 2.45) is 5.10 Å². The molecule has 0 radical (unpaired) electrons. The number of thioether (sulfide) groups is 1. The number of hydrazone groups is 1. The Hall–Kier alpha value is -3.43. The predicted molar refractivity (Wildman–Crippen MR) is 151 cm³/mol. The number of carbonyl (C=O) groups is 1. The number of nitrogens with zero attached hydrogens (tertiary/aromatic N) is 5. The van der Waals surface area contributed by atoms with Crippen LogP contribution in [0.1, 0.15) is 19.4 Å². The Kier molecular flexibility index (Phi) is 8.91. The van der Waals surface area contributed by atoms with Crippen molar-refractivity contribution in [3.63, 3.8) is 0 Å². The summed E-state index contributed by atoms with van der Waals surface area (Å²) in [5, 5.41) is 13.5. The van der Waals surface area contributed by atoms with Crippen LogP contribution >= 0.6 is 27.7 Å². The summed E-state index contributed by atoms with van der Waals surface area (Å²) in [6.45, 7) is 6.19. The Labute approximate surface area is 223 Å². The molecule has 7 nitrogen and oxygen atoms in total. The lowest BCUT2D eigenvalue weighted by Crippen LogP contribution is -2.21. The fourth-order valence-corrected chi connectivity index (χ4v) is 4.83. The summed E-state index contributed by atoms with van der Waals surface area (Å²) < 4.78 is 2.91. The van der Waals surface area contributed by atoms with Gasteiger partial charge in [-0.3, -0.25) is 9.36 Å². The maximum Gasteiger partial charge on any atom is 0.250 e. The molecular formula is C27H27BrN6OS. The van der Waals surface area contributed by atoms with Gasteiger partial charge < -0.3 is 4.90 Å². The molecular weight excluding hydrogens is 536 g/mol. The van der Waals surface area contributed by atoms with E-state index in [4.69, 9.17) is 0 Å². The van der Waals surface area contributed by atoms with Crippen molar-refractivity contribution >= 4 is 45.5 Å². The number of hydrogen-bond donors (Lipinski definition) is 1. The van der Waals surface area contributed by atoms with Crippen LogP contribution in [0.25, 0.3) is 17.1 Å². The highest BCUT2D eigenvalue weighted by Gasteiger charge is 2.17. The summed E-state index contributed by atoms with van der Waals surface area (Å²) in [7, 11) is 0. The number of aromatic nitrogens is 3. The first-order valence-corrected chi connectivity index (χ1v) is 13.4. The van der Waals surface area contributed by atoms with Crippen molar-refractivity contribution in [2.45, 2.75) is 19.0 Å². The van der Waals surface area contributed by atoms with Crippen LogP contribution in [-0.2, 0) is 4.79 Å². The smallest absolute Gasteiger partial charge is 0.250 e. The zero-order valence-corrected chi connectivity index (χ0v) is 22.5. The van der Waals surface area contributed by atoms with Gasteiger partial charge in [0.15, 0.2) is 11.0 Å². The zero-order valence-electron chi connectivity index (χ0n) is 20.1. The Morgan fingerprint density at radius 2 is 1.78 bits per heavy atom. The summed E-state index contributed by atoms with van der Waals surface area (Å²) in [5.41, 5.74) is 6.54. The van der Waals surface area contributed by atoms with E-state index in [1.54, 1.807) is 6.21 Å². The molecule has 0 atom stereocenters. The zero-order chi connectivity index (χ0) is 25.3. The molecule has 3 aromatic carbocycles. The number of para-hydroxylation sites is 1. The molecule has 0 aliphatic carbocycles. The second kappa shape index (κ2) is 12.5. The van der Waals surface area contributed by atoms with E-state index < -0.39 is 0 Å². The van der Waals surface area contributed by atoms with Crippen LogP contribution in [0.15, 0.2) is 93.6 Å². The molecule has 0 saturated heterocycles. The van der Waals surface area contributed by atoms with Crippen LogP contribution in [0.2, 0.25) is 0 Å². The average molecular weight is 564 g/mol. The number of carbonyl (C=O) groups excluding carboxylic acids is 1. The topological polar surface area (TPSA) is 75.4 Å². The van der Waals surface area contributed by atoms with Crippen LogP contribution in [0.4, 0.5) is 5.69 Å². The third-order valence-corrected chi connectivity index (χ3v) is 6.91.